The molecule has 0 bridgehead atoms. The van der Waals surface area contributed by atoms with E-state index in [2.05, 4.69) is 9.69 Å². The van der Waals surface area contributed by atoms with Crippen LogP contribution in [0.5, 0.6) is 23.0 Å². The molecule has 0 aliphatic rings. The van der Waals surface area contributed by atoms with Crippen molar-refractivity contribution in [2.24, 2.45) is 11.5 Å². The topological polar surface area (TPSA) is 131 Å². The average Bonchev–Trinajstić information content (AvgIpc) is 3.37. The second-order valence-electron chi connectivity index (χ2n) is 7.79. The van der Waals surface area contributed by atoms with Crippen molar-refractivity contribution < 1.29 is 23.7 Å². The first-order valence-electron chi connectivity index (χ1n) is 11.2. The molecule has 10 heteroatoms. The van der Waals surface area contributed by atoms with Crippen LogP contribution in [0.1, 0.15) is 19.3 Å². The highest BCUT2D eigenvalue weighted by molar-refractivity contribution is 7.04. The third-order valence-electron chi connectivity index (χ3n) is 5.58. The zero-order valence-electron chi connectivity index (χ0n) is 20.4. The van der Waals surface area contributed by atoms with E-state index in [1.165, 1.54) is 11.5 Å². The number of rotatable bonds is 12. The summed E-state index contributed by atoms with van der Waals surface area (Å²) < 4.78 is 26.5. The van der Waals surface area contributed by atoms with Gasteiger partial charge in [0.15, 0.2) is 11.5 Å². The van der Waals surface area contributed by atoms with E-state index >= 15 is 0 Å². The van der Waals surface area contributed by atoms with Gasteiger partial charge in [0.05, 0.1) is 45.9 Å². The molecular formula is C25H32N4O5S. The molecular weight excluding hydrogens is 468 g/mol. The standard InChI is InChI=1S/C25H32N4O5S/c1-31-20-9-8-15(11-19(20)28-25(30)18(27)7-5-6-10-26)17-14-35-29-23(17)16-12-21(32-2)24(34-4)22(13-16)33-3/h8-9,11-14,18H,5-7,10,26-27H2,1-4H3,(H,28,30)/t18-/m0/s1. The molecule has 1 heterocycles. The summed E-state index contributed by atoms with van der Waals surface area (Å²) in [5, 5.41) is 4.86. The van der Waals surface area contributed by atoms with E-state index in [9.17, 15) is 4.79 Å². The molecule has 0 fully saturated rings. The molecule has 0 spiro atoms. The minimum Gasteiger partial charge on any atom is -0.495 e. The number of amides is 1. The van der Waals surface area contributed by atoms with Gasteiger partial charge in [-0.25, -0.2) is 0 Å². The molecule has 3 rings (SSSR count). The minimum absolute atomic E-state index is 0.272. The van der Waals surface area contributed by atoms with Gasteiger partial charge in [0.2, 0.25) is 11.7 Å². The van der Waals surface area contributed by atoms with E-state index in [0.29, 0.717) is 41.7 Å². The maximum Gasteiger partial charge on any atom is 0.241 e. The maximum atomic E-state index is 12.7. The highest BCUT2D eigenvalue weighted by Gasteiger charge is 2.20. The van der Waals surface area contributed by atoms with Crippen molar-refractivity contribution >= 4 is 23.1 Å². The summed E-state index contributed by atoms with van der Waals surface area (Å²) in [7, 11) is 6.26. The molecule has 188 valence electrons. The Morgan fingerprint density at radius 2 is 1.66 bits per heavy atom. The number of hydrogen-bond donors (Lipinski definition) is 3. The quantitative estimate of drug-likeness (QED) is 0.319. The summed E-state index contributed by atoms with van der Waals surface area (Å²) in [5.74, 6) is 1.84. The van der Waals surface area contributed by atoms with Gasteiger partial charge in [-0.15, -0.1) is 0 Å². The molecule has 1 amide bonds. The smallest absolute Gasteiger partial charge is 0.241 e. The molecule has 35 heavy (non-hydrogen) atoms. The van der Waals surface area contributed by atoms with Gasteiger partial charge in [-0.1, -0.05) is 12.5 Å². The molecule has 0 aliphatic carbocycles. The first kappa shape index (κ1) is 26.3. The number of carbonyl (C=O) groups excluding carboxylic acids is 1. The number of anilines is 1. The second kappa shape index (κ2) is 12.4. The Bertz CT molecular complexity index is 1130. The molecule has 5 N–H and O–H groups in total. The first-order valence-corrected chi connectivity index (χ1v) is 12.0. The number of benzene rings is 2. The van der Waals surface area contributed by atoms with Crippen molar-refractivity contribution in [2.75, 3.05) is 40.3 Å². The number of aromatic nitrogens is 1. The van der Waals surface area contributed by atoms with Crippen LogP contribution in [-0.4, -0.2) is 51.3 Å². The van der Waals surface area contributed by atoms with Crippen LogP contribution >= 0.6 is 11.5 Å². The number of carbonyl (C=O) groups is 1. The van der Waals surface area contributed by atoms with E-state index in [-0.39, 0.29) is 5.91 Å². The molecule has 3 aromatic rings. The Morgan fingerprint density at radius 1 is 0.971 bits per heavy atom. The fourth-order valence-corrected chi connectivity index (χ4v) is 4.42. The second-order valence-corrected chi connectivity index (χ2v) is 8.42. The molecule has 2 aromatic carbocycles. The van der Waals surface area contributed by atoms with E-state index in [4.69, 9.17) is 30.4 Å². The fraction of sp³-hybridized carbons (Fsp3) is 0.360. The van der Waals surface area contributed by atoms with Gasteiger partial charge in [-0.2, -0.15) is 4.37 Å². The highest BCUT2D eigenvalue weighted by atomic mass is 32.1. The third kappa shape index (κ3) is 6.02. The van der Waals surface area contributed by atoms with E-state index < -0.39 is 6.04 Å². The summed E-state index contributed by atoms with van der Waals surface area (Å²) in [5.41, 5.74) is 15.4. The summed E-state index contributed by atoms with van der Waals surface area (Å²) in [4.78, 5) is 12.7. The molecule has 0 radical (unpaired) electrons. The first-order chi connectivity index (χ1) is 17.0. The number of ether oxygens (including phenoxy) is 4. The lowest BCUT2D eigenvalue weighted by Gasteiger charge is -2.16. The van der Waals surface area contributed by atoms with Gasteiger partial charge in [0.1, 0.15) is 5.75 Å². The summed E-state index contributed by atoms with van der Waals surface area (Å²) in [6.45, 7) is 0.577. The van der Waals surface area contributed by atoms with Crippen LogP contribution in [0.25, 0.3) is 22.4 Å². The van der Waals surface area contributed by atoms with Gasteiger partial charge >= 0.3 is 0 Å². The summed E-state index contributed by atoms with van der Waals surface area (Å²) in [6.07, 6.45) is 2.18. The predicted octanol–water partition coefficient (Wildman–Crippen LogP) is 3.91. The van der Waals surface area contributed by atoms with E-state index in [1.807, 2.05) is 35.7 Å². The van der Waals surface area contributed by atoms with Crippen molar-refractivity contribution in [1.29, 1.82) is 0 Å². The van der Waals surface area contributed by atoms with Gasteiger partial charge in [0.25, 0.3) is 0 Å². The molecule has 9 nitrogen and oxygen atoms in total. The fourth-order valence-electron chi connectivity index (χ4n) is 3.71. The van der Waals surface area contributed by atoms with Crippen molar-refractivity contribution in [1.82, 2.24) is 4.37 Å². The van der Waals surface area contributed by atoms with Gasteiger partial charge in [0, 0.05) is 16.5 Å². The van der Waals surface area contributed by atoms with E-state index in [0.717, 1.165) is 35.2 Å². The lowest BCUT2D eigenvalue weighted by atomic mass is 10.0. The molecule has 0 aliphatic heterocycles. The van der Waals surface area contributed by atoms with Crippen LogP contribution in [0.4, 0.5) is 5.69 Å². The lowest BCUT2D eigenvalue weighted by Crippen LogP contribution is -2.35. The molecule has 1 aromatic heterocycles. The Kier molecular flexibility index (Phi) is 9.30. The van der Waals surface area contributed by atoms with Crippen LogP contribution in [0.15, 0.2) is 35.7 Å². The third-order valence-corrected chi connectivity index (χ3v) is 6.21. The minimum atomic E-state index is -0.632. The zero-order valence-corrected chi connectivity index (χ0v) is 21.2. The molecule has 0 saturated heterocycles. The summed E-state index contributed by atoms with van der Waals surface area (Å²) in [6, 6.07) is 8.66. The highest BCUT2D eigenvalue weighted by Crippen LogP contribution is 2.44. The number of nitrogens with zero attached hydrogens (tertiary/aromatic N) is 1. The zero-order chi connectivity index (χ0) is 25.4. The Balaban J connectivity index is 1.96. The van der Waals surface area contributed by atoms with Crippen molar-refractivity contribution in [3.63, 3.8) is 0 Å². The number of unbranched alkanes of at least 4 members (excludes halogenated alkanes) is 1. The Labute approximate surface area is 209 Å². The Hall–Kier alpha value is -3.34. The molecule has 1 atom stereocenters. The predicted molar refractivity (Wildman–Crippen MR) is 139 cm³/mol. The van der Waals surface area contributed by atoms with Crippen molar-refractivity contribution in [3.8, 4) is 45.4 Å². The maximum absolute atomic E-state index is 12.7. The average molecular weight is 501 g/mol. The van der Waals surface area contributed by atoms with Gasteiger partial charge < -0.3 is 35.7 Å². The number of nitrogens with two attached hydrogens (primary N) is 2. The van der Waals surface area contributed by atoms with Crippen LogP contribution in [0.2, 0.25) is 0 Å². The van der Waals surface area contributed by atoms with Crippen molar-refractivity contribution in [2.45, 2.75) is 25.3 Å². The number of methoxy groups -OCH3 is 4. The molecule has 0 saturated carbocycles. The normalized spacial score (nSPS) is 11.6. The summed E-state index contributed by atoms with van der Waals surface area (Å²) >= 11 is 1.33. The SMILES string of the molecule is COc1ccc(-c2csnc2-c2cc(OC)c(OC)c(OC)c2)cc1NC(=O)[C@@H](N)CCCCN. The van der Waals surface area contributed by atoms with Crippen LogP contribution < -0.4 is 35.7 Å². The van der Waals surface area contributed by atoms with Crippen LogP contribution in [-0.2, 0) is 4.79 Å². The van der Waals surface area contributed by atoms with Gasteiger partial charge in [-0.3, -0.25) is 4.79 Å². The molecule has 0 unspecified atom stereocenters. The van der Waals surface area contributed by atoms with Crippen LogP contribution in [0.3, 0.4) is 0 Å². The number of nitrogens with one attached hydrogen (secondary N) is 1. The largest absolute Gasteiger partial charge is 0.495 e. The Morgan fingerprint density at radius 3 is 2.26 bits per heavy atom. The monoisotopic (exact) mass is 500 g/mol. The van der Waals surface area contributed by atoms with Crippen LogP contribution in [0, 0.1) is 0 Å². The van der Waals surface area contributed by atoms with Crippen molar-refractivity contribution in [3.05, 3.63) is 35.7 Å². The van der Waals surface area contributed by atoms with Gasteiger partial charge in [-0.05, 0) is 60.7 Å². The number of hydrogen-bond acceptors (Lipinski definition) is 9. The van der Waals surface area contributed by atoms with E-state index in [1.54, 1.807) is 28.4 Å². The lowest BCUT2D eigenvalue weighted by molar-refractivity contribution is -0.117.